The molecule has 3 rings (SSSR count). The average molecular weight is 203 g/mol. The molecule has 1 aliphatic heterocycles. The van der Waals surface area contributed by atoms with Crippen LogP contribution in [0.5, 0.6) is 0 Å². The van der Waals surface area contributed by atoms with Crippen molar-refractivity contribution in [3.05, 3.63) is 24.2 Å². The third-order valence-electron chi connectivity index (χ3n) is 2.79. The lowest BCUT2D eigenvalue weighted by Gasteiger charge is -2.05. The fourth-order valence-corrected chi connectivity index (χ4v) is 2.04. The molecule has 1 saturated heterocycles. The van der Waals surface area contributed by atoms with Gasteiger partial charge in [0.1, 0.15) is 0 Å². The Hall–Kier alpha value is -1.42. The minimum atomic E-state index is 0.526. The Morgan fingerprint density at radius 2 is 2.53 bits per heavy atom. The van der Waals surface area contributed by atoms with Crippen molar-refractivity contribution < 1.29 is 4.42 Å². The molecule has 3 heterocycles. The average Bonchev–Trinajstić information content (AvgIpc) is 2.86. The number of oxazole rings is 1. The molecule has 1 fully saturated rings. The number of pyridine rings is 1. The zero-order chi connectivity index (χ0) is 10.1. The fourth-order valence-electron chi connectivity index (χ4n) is 2.04. The first kappa shape index (κ1) is 8.85. The number of aromatic nitrogens is 2. The normalized spacial score (nSPS) is 21.2. The molecule has 0 radical (unpaired) electrons. The van der Waals surface area contributed by atoms with Crippen LogP contribution in [0.3, 0.4) is 0 Å². The van der Waals surface area contributed by atoms with Crippen LogP contribution in [0.15, 0.2) is 22.7 Å². The molecule has 4 nitrogen and oxygen atoms in total. The van der Waals surface area contributed by atoms with E-state index < -0.39 is 0 Å². The van der Waals surface area contributed by atoms with Gasteiger partial charge in [-0.3, -0.25) is 0 Å². The molecule has 1 aliphatic rings. The molecule has 0 spiro atoms. The lowest BCUT2D eigenvalue weighted by Crippen LogP contribution is -2.23. The molecular formula is C11H13N3O. The summed E-state index contributed by atoms with van der Waals surface area (Å²) >= 11 is 0. The van der Waals surface area contributed by atoms with Crippen molar-refractivity contribution in [3.63, 3.8) is 0 Å². The molecule has 1 N–H and O–H groups in total. The molecule has 0 aromatic carbocycles. The lowest BCUT2D eigenvalue weighted by atomic mass is 10.2. The lowest BCUT2D eigenvalue weighted by molar-refractivity contribution is 0.478. The van der Waals surface area contributed by atoms with E-state index in [-0.39, 0.29) is 0 Å². The standard InChI is InChI=1S/C11H13N3O/c1-3-8(12-5-1)7-10-14-11-9(15-10)4-2-6-13-11/h2,4,6,8,12H,1,3,5,7H2. The summed E-state index contributed by atoms with van der Waals surface area (Å²) in [7, 11) is 0. The molecular weight excluding hydrogens is 190 g/mol. The minimum Gasteiger partial charge on any atom is -0.439 e. The quantitative estimate of drug-likeness (QED) is 0.804. The van der Waals surface area contributed by atoms with Crippen LogP contribution in [0.2, 0.25) is 0 Å². The van der Waals surface area contributed by atoms with Crippen LogP contribution in [0.4, 0.5) is 0 Å². The molecule has 4 heteroatoms. The minimum absolute atomic E-state index is 0.526. The number of nitrogens with one attached hydrogen (secondary N) is 1. The third kappa shape index (κ3) is 1.72. The molecule has 0 bridgehead atoms. The van der Waals surface area contributed by atoms with E-state index in [9.17, 15) is 0 Å². The second-order valence-corrected chi connectivity index (χ2v) is 3.93. The van der Waals surface area contributed by atoms with Crippen molar-refractivity contribution in [3.8, 4) is 0 Å². The van der Waals surface area contributed by atoms with E-state index in [2.05, 4.69) is 15.3 Å². The van der Waals surface area contributed by atoms with Crippen LogP contribution in [0.25, 0.3) is 11.2 Å². The maximum Gasteiger partial charge on any atom is 0.198 e. The highest BCUT2D eigenvalue weighted by Crippen LogP contribution is 2.16. The third-order valence-corrected chi connectivity index (χ3v) is 2.79. The number of rotatable bonds is 2. The highest BCUT2D eigenvalue weighted by Gasteiger charge is 2.17. The van der Waals surface area contributed by atoms with Gasteiger partial charge in [0.15, 0.2) is 17.1 Å². The van der Waals surface area contributed by atoms with Crippen LogP contribution in [-0.4, -0.2) is 22.6 Å². The monoisotopic (exact) mass is 203 g/mol. The molecule has 1 atom stereocenters. The molecule has 0 saturated carbocycles. The Kier molecular flexibility index (Phi) is 2.14. The zero-order valence-corrected chi connectivity index (χ0v) is 8.44. The number of fused-ring (bicyclic) bond motifs is 1. The van der Waals surface area contributed by atoms with Crippen molar-refractivity contribution in [2.24, 2.45) is 0 Å². The van der Waals surface area contributed by atoms with Gasteiger partial charge in [0.2, 0.25) is 0 Å². The van der Waals surface area contributed by atoms with Crippen LogP contribution in [0, 0.1) is 0 Å². The van der Waals surface area contributed by atoms with E-state index in [4.69, 9.17) is 4.42 Å². The summed E-state index contributed by atoms with van der Waals surface area (Å²) in [5.41, 5.74) is 1.50. The summed E-state index contributed by atoms with van der Waals surface area (Å²) in [6.07, 6.45) is 5.08. The largest absolute Gasteiger partial charge is 0.439 e. The van der Waals surface area contributed by atoms with Gasteiger partial charge in [-0.15, -0.1) is 0 Å². The van der Waals surface area contributed by atoms with Crippen molar-refractivity contribution in [2.45, 2.75) is 25.3 Å². The second kappa shape index (κ2) is 3.62. The molecule has 0 aliphatic carbocycles. The van der Waals surface area contributed by atoms with Gasteiger partial charge in [0.25, 0.3) is 0 Å². The second-order valence-electron chi connectivity index (χ2n) is 3.93. The van der Waals surface area contributed by atoms with Gasteiger partial charge in [-0.25, -0.2) is 4.98 Å². The predicted molar refractivity (Wildman–Crippen MR) is 56.5 cm³/mol. The summed E-state index contributed by atoms with van der Waals surface area (Å²) < 4.78 is 5.62. The van der Waals surface area contributed by atoms with Crippen molar-refractivity contribution in [1.82, 2.24) is 15.3 Å². The van der Waals surface area contributed by atoms with Crippen LogP contribution >= 0.6 is 0 Å². The predicted octanol–water partition coefficient (Wildman–Crippen LogP) is 1.52. The van der Waals surface area contributed by atoms with Crippen molar-refractivity contribution in [2.75, 3.05) is 6.54 Å². The first-order valence-corrected chi connectivity index (χ1v) is 5.35. The van der Waals surface area contributed by atoms with Crippen LogP contribution < -0.4 is 5.32 Å². The Bertz CT molecular complexity index is 427. The summed E-state index contributed by atoms with van der Waals surface area (Å²) in [5, 5.41) is 3.43. The van der Waals surface area contributed by atoms with Crippen molar-refractivity contribution in [1.29, 1.82) is 0 Å². The van der Waals surface area contributed by atoms with Crippen LogP contribution in [-0.2, 0) is 6.42 Å². The van der Waals surface area contributed by atoms with E-state index in [0.29, 0.717) is 11.7 Å². The molecule has 0 amide bonds. The SMILES string of the molecule is c1cnc2nc(CC3CCCN3)oc2c1. The van der Waals surface area contributed by atoms with Crippen molar-refractivity contribution >= 4 is 11.2 Å². The van der Waals surface area contributed by atoms with Gasteiger partial charge in [0.05, 0.1) is 0 Å². The highest BCUT2D eigenvalue weighted by molar-refractivity contribution is 5.66. The van der Waals surface area contributed by atoms with E-state index in [1.165, 1.54) is 12.8 Å². The zero-order valence-electron chi connectivity index (χ0n) is 8.44. The highest BCUT2D eigenvalue weighted by atomic mass is 16.3. The molecule has 1 unspecified atom stereocenters. The number of hydrogen-bond donors (Lipinski definition) is 1. The Labute approximate surface area is 87.7 Å². The van der Waals surface area contributed by atoms with E-state index in [1.54, 1.807) is 6.20 Å². The molecule has 2 aromatic heterocycles. The number of nitrogens with zero attached hydrogens (tertiary/aromatic N) is 2. The summed E-state index contributed by atoms with van der Waals surface area (Å²) in [6, 6.07) is 4.30. The van der Waals surface area contributed by atoms with Gasteiger partial charge in [-0.2, -0.15) is 4.98 Å². The number of hydrogen-bond acceptors (Lipinski definition) is 4. The maximum absolute atomic E-state index is 5.62. The summed E-state index contributed by atoms with van der Waals surface area (Å²) in [4.78, 5) is 8.51. The van der Waals surface area contributed by atoms with E-state index in [0.717, 1.165) is 24.4 Å². The first-order valence-electron chi connectivity index (χ1n) is 5.35. The Morgan fingerprint density at radius 1 is 1.53 bits per heavy atom. The van der Waals surface area contributed by atoms with Gasteiger partial charge >= 0.3 is 0 Å². The van der Waals surface area contributed by atoms with E-state index >= 15 is 0 Å². The first-order chi connectivity index (χ1) is 7.42. The van der Waals surface area contributed by atoms with Gasteiger partial charge in [0, 0.05) is 18.7 Å². The van der Waals surface area contributed by atoms with Gasteiger partial charge in [-0.05, 0) is 31.5 Å². The van der Waals surface area contributed by atoms with Gasteiger partial charge < -0.3 is 9.73 Å². The Balaban J connectivity index is 1.84. The van der Waals surface area contributed by atoms with E-state index in [1.807, 2.05) is 12.1 Å². The van der Waals surface area contributed by atoms with Gasteiger partial charge in [-0.1, -0.05) is 0 Å². The fraction of sp³-hybridized carbons (Fsp3) is 0.455. The topological polar surface area (TPSA) is 51.0 Å². The molecule has 15 heavy (non-hydrogen) atoms. The molecule has 78 valence electrons. The van der Waals surface area contributed by atoms with Crippen LogP contribution in [0.1, 0.15) is 18.7 Å². The maximum atomic E-state index is 5.62. The Morgan fingerprint density at radius 3 is 3.33 bits per heavy atom. The smallest absolute Gasteiger partial charge is 0.198 e. The summed E-state index contributed by atoms with van der Waals surface area (Å²) in [6.45, 7) is 1.11. The molecule has 2 aromatic rings. The summed E-state index contributed by atoms with van der Waals surface area (Å²) in [5.74, 6) is 0.795.